The van der Waals surface area contributed by atoms with E-state index < -0.39 is 0 Å². The Morgan fingerprint density at radius 1 is 0.220 bits per heavy atom. The largest absolute Gasteiger partial charge is 0.310 e. The Morgan fingerprint density at radius 2 is 0.593 bits per heavy atom. The van der Waals surface area contributed by atoms with Crippen molar-refractivity contribution in [3.8, 4) is 66.8 Å². The monoisotopic (exact) mass is 751 g/mol. The van der Waals surface area contributed by atoms with Gasteiger partial charge in [0.2, 0.25) is 0 Å². The van der Waals surface area contributed by atoms with E-state index in [1.54, 1.807) is 0 Å². The molecule has 10 aromatic rings. The number of fused-ring (bicyclic) bond motifs is 1. The van der Waals surface area contributed by atoms with Crippen molar-refractivity contribution in [2.45, 2.75) is 0 Å². The van der Waals surface area contributed by atoms with Crippen molar-refractivity contribution in [2.75, 3.05) is 4.90 Å². The van der Waals surface area contributed by atoms with Crippen LogP contribution in [0.5, 0.6) is 0 Å². The summed E-state index contributed by atoms with van der Waals surface area (Å²) in [5.41, 5.74) is 17.7. The van der Waals surface area contributed by atoms with E-state index in [1.165, 1.54) is 77.5 Å². The van der Waals surface area contributed by atoms with Gasteiger partial charge in [-0.3, -0.25) is 0 Å². The van der Waals surface area contributed by atoms with Gasteiger partial charge >= 0.3 is 0 Å². The number of para-hydroxylation sites is 1. The molecule has 59 heavy (non-hydrogen) atoms. The molecule has 0 aliphatic heterocycles. The van der Waals surface area contributed by atoms with Gasteiger partial charge in [0, 0.05) is 16.9 Å². The lowest BCUT2D eigenvalue weighted by Crippen LogP contribution is -2.11. The molecular formula is C58H41N. The third-order valence-corrected chi connectivity index (χ3v) is 11.3. The molecule has 0 atom stereocenters. The van der Waals surface area contributed by atoms with E-state index in [4.69, 9.17) is 0 Å². The first-order chi connectivity index (χ1) is 29.2. The normalized spacial score (nSPS) is 11.1. The van der Waals surface area contributed by atoms with Gasteiger partial charge in [0.25, 0.3) is 0 Å². The molecule has 10 rings (SSSR count). The Labute approximate surface area is 346 Å². The molecule has 0 saturated heterocycles. The zero-order chi connectivity index (χ0) is 39.4. The van der Waals surface area contributed by atoms with Crippen LogP contribution >= 0.6 is 0 Å². The van der Waals surface area contributed by atoms with Crippen LogP contribution in [-0.2, 0) is 0 Å². The van der Waals surface area contributed by atoms with Gasteiger partial charge in [-0.05, 0) is 108 Å². The van der Waals surface area contributed by atoms with Crippen LogP contribution in [0.15, 0.2) is 249 Å². The highest BCUT2D eigenvalue weighted by Gasteiger charge is 2.18. The van der Waals surface area contributed by atoms with E-state index in [1.807, 2.05) is 0 Å². The predicted molar refractivity (Wildman–Crippen MR) is 251 cm³/mol. The van der Waals surface area contributed by atoms with Gasteiger partial charge in [0.05, 0.1) is 5.69 Å². The van der Waals surface area contributed by atoms with Crippen LogP contribution in [0.25, 0.3) is 77.5 Å². The van der Waals surface area contributed by atoms with Crippen LogP contribution in [0, 0.1) is 0 Å². The number of hydrogen-bond donors (Lipinski definition) is 0. The molecule has 0 heterocycles. The summed E-state index contributed by atoms with van der Waals surface area (Å²) in [5.74, 6) is 0. The molecule has 278 valence electrons. The fourth-order valence-corrected chi connectivity index (χ4v) is 8.25. The number of benzene rings is 10. The van der Waals surface area contributed by atoms with Crippen LogP contribution in [0.3, 0.4) is 0 Å². The van der Waals surface area contributed by atoms with Crippen molar-refractivity contribution in [2.24, 2.45) is 0 Å². The zero-order valence-electron chi connectivity index (χ0n) is 32.6. The second-order valence-electron chi connectivity index (χ2n) is 14.9. The smallest absolute Gasteiger partial charge is 0.0540 e. The van der Waals surface area contributed by atoms with E-state index >= 15 is 0 Å². The summed E-state index contributed by atoms with van der Waals surface area (Å²) in [6.45, 7) is 0. The van der Waals surface area contributed by atoms with Crippen LogP contribution in [0.2, 0.25) is 0 Å². The van der Waals surface area contributed by atoms with Crippen LogP contribution in [0.1, 0.15) is 0 Å². The Balaban J connectivity index is 1.02. The van der Waals surface area contributed by atoms with Gasteiger partial charge in [-0.1, -0.05) is 212 Å². The molecule has 0 bridgehead atoms. The maximum absolute atomic E-state index is 2.39. The summed E-state index contributed by atoms with van der Waals surface area (Å²) in [6, 6.07) is 89.7. The Morgan fingerprint density at radius 3 is 1.19 bits per heavy atom. The minimum absolute atomic E-state index is 1.09. The van der Waals surface area contributed by atoms with Crippen LogP contribution in [-0.4, -0.2) is 0 Å². The highest BCUT2D eigenvalue weighted by Crippen LogP contribution is 2.42. The SMILES string of the molecule is c1ccc(-c2ccc(-c3ccc(N(c4ccc(-c5cccc(-c6cccc7ccccc67)c5)cc4)c4ccccc4-c4ccc(-c5ccccc5)cc4)cc3)cc2)cc1. The molecule has 1 nitrogen and oxygen atoms in total. The van der Waals surface area contributed by atoms with E-state index in [0.717, 1.165) is 17.1 Å². The van der Waals surface area contributed by atoms with Gasteiger partial charge in [-0.25, -0.2) is 0 Å². The summed E-state index contributed by atoms with van der Waals surface area (Å²) >= 11 is 0. The third-order valence-electron chi connectivity index (χ3n) is 11.3. The second kappa shape index (κ2) is 16.0. The average Bonchev–Trinajstić information content (AvgIpc) is 3.33. The molecule has 0 aliphatic carbocycles. The molecular weight excluding hydrogens is 711 g/mol. The standard InChI is InChI=1S/C58H41N/c1-3-13-42(14-4-1)44-25-27-46(28-26-44)47-33-37-53(38-34-47)59(58-24-10-9-22-57(58)50-31-29-45(30-32-50)43-15-5-2-6-16-43)54-39-35-48(36-40-54)51-19-11-20-52(41-51)56-23-12-18-49-17-7-8-21-55(49)56/h1-41H. The molecule has 0 spiro atoms. The zero-order valence-corrected chi connectivity index (χ0v) is 32.6. The average molecular weight is 752 g/mol. The topological polar surface area (TPSA) is 3.24 Å². The summed E-state index contributed by atoms with van der Waals surface area (Å²) in [4.78, 5) is 2.39. The summed E-state index contributed by atoms with van der Waals surface area (Å²) in [5, 5.41) is 2.52. The summed E-state index contributed by atoms with van der Waals surface area (Å²) in [6.07, 6.45) is 0. The molecule has 0 aliphatic rings. The molecule has 0 unspecified atom stereocenters. The first-order valence-corrected chi connectivity index (χ1v) is 20.2. The number of nitrogens with zero attached hydrogens (tertiary/aromatic N) is 1. The number of hydrogen-bond acceptors (Lipinski definition) is 1. The maximum Gasteiger partial charge on any atom is 0.0540 e. The van der Waals surface area contributed by atoms with Gasteiger partial charge in [0.1, 0.15) is 0 Å². The van der Waals surface area contributed by atoms with E-state index in [-0.39, 0.29) is 0 Å². The lowest BCUT2D eigenvalue weighted by Gasteiger charge is -2.28. The Hall–Kier alpha value is -7.74. The predicted octanol–water partition coefficient (Wildman–Crippen LogP) is 16.3. The summed E-state index contributed by atoms with van der Waals surface area (Å²) in [7, 11) is 0. The van der Waals surface area contributed by atoms with E-state index in [0.29, 0.717) is 0 Å². The van der Waals surface area contributed by atoms with E-state index in [9.17, 15) is 0 Å². The van der Waals surface area contributed by atoms with Crippen molar-refractivity contribution >= 4 is 27.8 Å². The lowest BCUT2D eigenvalue weighted by atomic mass is 9.95. The number of anilines is 3. The highest BCUT2D eigenvalue weighted by atomic mass is 15.1. The molecule has 0 aromatic heterocycles. The molecule has 0 radical (unpaired) electrons. The van der Waals surface area contributed by atoms with Gasteiger partial charge in [-0.15, -0.1) is 0 Å². The van der Waals surface area contributed by atoms with Crippen molar-refractivity contribution in [3.63, 3.8) is 0 Å². The number of rotatable bonds is 9. The first kappa shape index (κ1) is 35.7. The quantitative estimate of drug-likeness (QED) is 0.142. The van der Waals surface area contributed by atoms with Crippen molar-refractivity contribution in [1.82, 2.24) is 0 Å². The lowest BCUT2D eigenvalue weighted by molar-refractivity contribution is 1.28. The molecule has 0 amide bonds. The third kappa shape index (κ3) is 7.34. The van der Waals surface area contributed by atoms with Gasteiger partial charge in [0.15, 0.2) is 0 Å². The minimum Gasteiger partial charge on any atom is -0.310 e. The Kier molecular flexibility index (Phi) is 9.68. The highest BCUT2D eigenvalue weighted by molar-refractivity contribution is 5.97. The molecule has 10 aromatic carbocycles. The first-order valence-electron chi connectivity index (χ1n) is 20.2. The minimum atomic E-state index is 1.09. The van der Waals surface area contributed by atoms with Crippen molar-refractivity contribution in [3.05, 3.63) is 249 Å². The van der Waals surface area contributed by atoms with Crippen molar-refractivity contribution in [1.29, 1.82) is 0 Å². The molecule has 0 saturated carbocycles. The second-order valence-corrected chi connectivity index (χ2v) is 14.9. The van der Waals surface area contributed by atoms with Crippen molar-refractivity contribution < 1.29 is 0 Å². The fraction of sp³-hybridized carbons (Fsp3) is 0. The fourth-order valence-electron chi connectivity index (χ4n) is 8.25. The van der Waals surface area contributed by atoms with Crippen LogP contribution < -0.4 is 4.90 Å². The van der Waals surface area contributed by atoms with E-state index in [2.05, 4.69) is 254 Å². The molecule has 0 N–H and O–H groups in total. The molecule has 1 heteroatoms. The van der Waals surface area contributed by atoms with Gasteiger partial charge < -0.3 is 4.90 Å². The summed E-state index contributed by atoms with van der Waals surface area (Å²) < 4.78 is 0. The van der Waals surface area contributed by atoms with Gasteiger partial charge in [-0.2, -0.15) is 0 Å². The van der Waals surface area contributed by atoms with Crippen LogP contribution in [0.4, 0.5) is 17.1 Å². The maximum atomic E-state index is 2.39. The Bertz CT molecular complexity index is 2980. The molecule has 0 fully saturated rings.